The summed E-state index contributed by atoms with van der Waals surface area (Å²) >= 11 is 0. The summed E-state index contributed by atoms with van der Waals surface area (Å²) in [4.78, 5) is 21.2. The third kappa shape index (κ3) is 4.41. The first-order valence-corrected chi connectivity index (χ1v) is 9.91. The van der Waals surface area contributed by atoms with Crippen LogP contribution in [-0.4, -0.2) is 42.0 Å². The van der Waals surface area contributed by atoms with Crippen LogP contribution in [0.3, 0.4) is 0 Å². The number of hydrogen-bond acceptors (Lipinski definition) is 5. The number of rotatable bonds is 5. The number of amides is 1. The summed E-state index contributed by atoms with van der Waals surface area (Å²) in [6.07, 6.45) is 1.69. The molecular weight excluding hydrogens is 376 g/mol. The molecule has 0 spiro atoms. The average molecular weight is 398 g/mol. The minimum Gasteiger partial charge on any atom is -0.489 e. The fraction of sp³-hybridized carbons (Fsp3) is 0.208. The van der Waals surface area contributed by atoms with Crippen LogP contribution < -0.4 is 9.64 Å². The largest absolute Gasteiger partial charge is 0.489 e. The molecule has 1 amide bonds. The van der Waals surface area contributed by atoms with E-state index in [9.17, 15) is 10.1 Å². The topological polar surface area (TPSA) is 69.5 Å². The van der Waals surface area contributed by atoms with Crippen LogP contribution in [0.5, 0.6) is 5.75 Å². The summed E-state index contributed by atoms with van der Waals surface area (Å²) in [5.41, 5.74) is 2.25. The van der Waals surface area contributed by atoms with Gasteiger partial charge in [-0.05, 0) is 35.9 Å². The molecule has 0 N–H and O–H groups in total. The molecule has 1 aliphatic heterocycles. The quantitative estimate of drug-likeness (QED) is 0.658. The molecule has 1 saturated heterocycles. The number of nitrogens with zero attached hydrogens (tertiary/aromatic N) is 4. The third-order valence-electron chi connectivity index (χ3n) is 5.10. The molecule has 150 valence electrons. The number of ether oxygens (including phenoxy) is 1. The summed E-state index contributed by atoms with van der Waals surface area (Å²) in [5.74, 6) is 1.35. The van der Waals surface area contributed by atoms with Crippen LogP contribution in [0.15, 0.2) is 72.9 Å². The van der Waals surface area contributed by atoms with E-state index in [1.54, 1.807) is 24.4 Å². The van der Waals surface area contributed by atoms with Crippen LogP contribution in [0.25, 0.3) is 0 Å². The number of benzene rings is 2. The van der Waals surface area contributed by atoms with E-state index in [0.29, 0.717) is 55.5 Å². The van der Waals surface area contributed by atoms with Crippen LogP contribution in [0.2, 0.25) is 0 Å². The Kier molecular flexibility index (Phi) is 5.90. The first kappa shape index (κ1) is 19.5. The van der Waals surface area contributed by atoms with Gasteiger partial charge in [-0.1, -0.05) is 36.4 Å². The van der Waals surface area contributed by atoms with Gasteiger partial charge in [0.25, 0.3) is 5.91 Å². The fourth-order valence-electron chi connectivity index (χ4n) is 3.50. The highest BCUT2D eigenvalue weighted by molar-refractivity contribution is 5.94. The maximum Gasteiger partial charge on any atom is 0.254 e. The number of aromatic nitrogens is 1. The van der Waals surface area contributed by atoms with Gasteiger partial charge in [0.05, 0.1) is 5.56 Å². The van der Waals surface area contributed by atoms with Gasteiger partial charge in [0.2, 0.25) is 0 Å². The molecule has 0 atom stereocenters. The molecule has 2 aromatic carbocycles. The summed E-state index contributed by atoms with van der Waals surface area (Å²) < 4.78 is 5.85. The second-order valence-electron chi connectivity index (χ2n) is 7.07. The Morgan fingerprint density at radius 1 is 1.00 bits per heavy atom. The highest BCUT2D eigenvalue weighted by Gasteiger charge is 2.24. The van der Waals surface area contributed by atoms with Crippen molar-refractivity contribution in [3.05, 3.63) is 89.6 Å². The number of carbonyl (C=O) groups is 1. The van der Waals surface area contributed by atoms with Gasteiger partial charge in [0, 0.05) is 37.9 Å². The number of anilines is 1. The number of pyridine rings is 1. The lowest BCUT2D eigenvalue weighted by Crippen LogP contribution is -2.49. The van der Waals surface area contributed by atoms with E-state index >= 15 is 0 Å². The van der Waals surface area contributed by atoms with E-state index in [2.05, 4.69) is 16.0 Å². The highest BCUT2D eigenvalue weighted by atomic mass is 16.5. The van der Waals surface area contributed by atoms with Crippen molar-refractivity contribution in [2.45, 2.75) is 6.61 Å². The average Bonchev–Trinajstić information content (AvgIpc) is 2.83. The standard InChI is InChI=1S/C24H22N4O2/c25-17-21-9-5-11-26-23(21)27-12-14-28(15-13-27)24(29)20-8-4-10-22(16-20)30-18-19-6-2-1-3-7-19/h1-11,16H,12-15,18H2. The molecule has 6 heteroatoms. The molecule has 3 aromatic rings. The zero-order valence-electron chi connectivity index (χ0n) is 16.6. The van der Waals surface area contributed by atoms with Crippen molar-refractivity contribution in [1.82, 2.24) is 9.88 Å². The maximum atomic E-state index is 13.0. The van der Waals surface area contributed by atoms with E-state index in [0.717, 1.165) is 5.56 Å². The zero-order valence-corrected chi connectivity index (χ0v) is 16.6. The molecular formula is C24H22N4O2. The van der Waals surface area contributed by atoms with Gasteiger partial charge < -0.3 is 14.5 Å². The predicted molar refractivity (Wildman–Crippen MR) is 114 cm³/mol. The number of hydrogen-bond donors (Lipinski definition) is 0. The van der Waals surface area contributed by atoms with Crippen molar-refractivity contribution >= 4 is 11.7 Å². The van der Waals surface area contributed by atoms with E-state index in [1.165, 1.54) is 0 Å². The fourth-order valence-corrected chi connectivity index (χ4v) is 3.50. The molecule has 1 fully saturated rings. The summed E-state index contributed by atoms with van der Waals surface area (Å²) in [7, 11) is 0. The van der Waals surface area contributed by atoms with E-state index in [4.69, 9.17) is 4.74 Å². The highest BCUT2D eigenvalue weighted by Crippen LogP contribution is 2.20. The van der Waals surface area contributed by atoms with Gasteiger partial charge in [-0.3, -0.25) is 4.79 Å². The first-order chi connectivity index (χ1) is 14.7. The molecule has 0 aliphatic carbocycles. The third-order valence-corrected chi connectivity index (χ3v) is 5.10. The predicted octanol–water partition coefficient (Wildman–Crippen LogP) is 3.49. The Bertz CT molecular complexity index is 1050. The van der Waals surface area contributed by atoms with Gasteiger partial charge in [0.15, 0.2) is 0 Å². The van der Waals surface area contributed by atoms with Crippen LogP contribution in [0.1, 0.15) is 21.5 Å². The lowest BCUT2D eigenvalue weighted by molar-refractivity contribution is 0.0746. The second-order valence-corrected chi connectivity index (χ2v) is 7.07. The van der Waals surface area contributed by atoms with Gasteiger partial charge in [0.1, 0.15) is 24.2 Å². The van der Waals surface area contributed by atoms with Crippen molar-refractivity contribution in [2.75, 3.05) is 31.1 Å². The molecule has 1 aliphatic rings. The molecule has 0 radical (unpaired) electrons. The number of piperazine rings is 1. The zero-order chi connectivity index (χ0) is 20.8. The number of nitriles is 1. The van der Waals surface area contributed by atoms with E-state index < -0.39 is 0 Å². The molecule has 0 bridgehead atoms. The lowest BCUT2D eigenvalue weighted by atomic mass is 10.1. The molecule has 30 heavy (non-hydrogen) atoms. The van der Waals surface area contributed by atoms with Crippen LogP contribution >= 0.6 is 0 Å². The minimum atomic E-state index is -0.0126. The van der Waals surface area contributed by atoms with E-state index in [1.807, 2.05) is 53.4 Å². The van der Waals surface area contributed by atoms with Crippen molar-refractivity contribution in [2.24, 2.45) is 0 Å². The molecule has 0 saturated carbocycles. The van der Waals surface area contributed by atoms with Crippen LogP contribution in [-0.2, 0) is 6.61 Å². The SMILES string of the molecule is N#Cc1cccnc1N1CCN(C(=O)c2cccc(OCc3ccccc3)c2)CC1. The van der Waals surface area contributed by atoms with Crippen molar-refractivity contribution < 1.29 is 9.53 Å². The summed E-state index contributed by atoms with van der Waals surface area (Å²) in [5, 5.41) is 9.29. The Labute approximate surface area is 176 Å². The van der Waals surface area contributed by atoms with Crippen LogP contribution in [0, 0.1) is 11.3 Å². The van der Waals surface area contributed by atoms with Crippen molar-refractivity contribution in [1.29, 1.82) is 5.26 Å². The Morgan fingerprint density at radius 2 is 1.80 bits per heavy atom. The molecule has 6 nitrogen and oxygen atoms in total. The van der Waals surface area contributed by atoms with Crippen LogP contribution in [0.4, 0.5) is 5.82 Å². The van der Waals surface area contributed by atoms with Gasteiger partial charge in [-0.2, -0.15) is 5.26 Å². The van der Waals surface area contributed by atoms with Gasteiger partial charge in [-0.15, -0.1) is 0 Å². The Morgan fingerprint density at radius 3 is 2.57 bits per heavy atom. The Hall–Kier alpha value is -3.85. The van der Waals surface area contributed by atoms with Gasteiger partial charge >= 0.3 is 0 Å². The normalized spacial score (nSPS) is 13.6. The second kappa shape index (κ2) is 9.10. The number of carbonyl (C=O) groups excluding carboxylic acids is 1. The molecule has 1 aromatic heterocycles. The smallest absolute Gasteiger partial charge is 0.254 e. The Balaban J connectivity index is 1.38. The monoisotopic (exact) mass is 398 g/mol. The maximum absolute atomic E-state index is 13.0. The molecule has 0 unspecified atom stereocenters. The lowest BCUT2D eigenvalue weighted by Gasteiger charge is -2.35. The van der Waals surface area contributed by atoms with Crippen molar-refractivity contribution in [3.8, 4) is 11.8 Å². The van der Waals surface area contributed by atoms with Crippen molar-refractivity contribution in [3.63, 3.8) is 0 Å². The molecule has 2 heterocycles. The van der Waals surface area contributed by atoms with Gasteiger partial charge in [-0.25, -0.2) is 4.98 Å². The summed E-state index contributed by atoms with van der Waals surface area (Å²) in [6.45, 7) is 2.90. The summed E-state index contributed by atoms with van der Waals surface area (Å²) in [6, 6.07) is 23.0. The first-order valence-electron chi connectivity index (χ1n) is 9.91. The molecule has 4 rings (SSSR count). The minimum absolute atomic E-state index is 0.0126. The van der Waals surface area contributed by atoms with E-state index in [-0.39, 0.29) is 5.91 Å².